The van der Waals surface area contributed by atoms with E-state index in [4.69, 9.17) is 4.74 Å². The standard InChI is InChI=1S/C22H24N2O2S/c25-22(16-26-19-10-9-17-6-1-2-7-18(17)14-19)23-15-20(21-8-5-13-27-21)24-11-3-4-12-24/h1-2,5-10,13-14,20H,3-4,11-12,15-16H2,(H,23,25)/p+1/t20-/m1/s1. The fraction of sp³-hybridized carbons (Fsp3) is 0.318. The Bertz CT molecular complexity index is 888. The number of ether oxygens (including phenoxy) is 1. The molecule has 0 saturated carbocycles. The number of fused-ring (bicyclic) bond motifs is 1. The molecule has 27 heavy (non-hydrogen) atoms. The Morgan fingerprint density at radius 1 is 1.07 bits per heavy atom. The molecule has 2 N–H and O–H groups in total. The van der Waals surface area contributed by atoms with Crippen LogP contribution in [-0.4, -0.2) is 32.1 Å². The molecule has 5 heteroatoms. The molecule has 1 fully saturated rings. The summed E-state index contributed by atoms with van der Waals surface area (Å²) in [5.41, 5.74) is 0. The monoisotopic (exact) mass is 381 g/mol. The van der Waals surface area contributed by atoms with Crippen molar-refractivity contribution in [1.29, 1.82) is 0 Å². The second kappa shape index (κ2) is 8.55. The Labute approximate surface area is 163 Å². The highest BCUT2D eigenvalue weighted by atomic mass is 32.1. The van der Waals surface area contributed by atoms with Crippen LogP contribution in [0.3, 0.4) is 0 Å². The molecule has 1 atom stereocenters. The first-order chi connectivity index (χ1) is 13.3. The Morgan fingerprint density at radius 2 is 1.89 bits per heavy atom. The van der Waals surface area contributed by atoms with E-state index in [1.54, 1.807) is 16.2 Å². The number of benzene rings is 2. The molecule has 2 heterocycles. The molecular weight excluding hydrogens is 356 g/mol. The smallest absolute Gasteiger partial charge is 0.258 e. The van der Waals surface area contributed by atoms with Crippen molar-refractivity contribution in [3.63, 3.8) is 0 Å². The summed E-state index contributed by atoms with van der Waals surface area (Å²) in [7, 11) is 0. The predicted molar refractivity (Wildman–Crippen MR) is 109 cm³/mol. The maximum atomic E-state index is 12.3. The van der Waals surface area contributed by atoms with Gasteiger partial charge in [0, 0.05) is 12.8 Å². The molecule has 1 amide bonds. The van der Waals surface area contributed by atoms with Gasteiger partial charge in [-0.05, 0) is 34.4 Å². The lowest BCUT2D eigenvalue weighted by Crippen LogP contribution is -3.11. The van der Waals surface area contributed by atoms with Gasteiger partial charge < -0.3 is 15.0 Å². The minimum atomic E-state index is -0.0664. The molecule has 0 radical (unpaired) electrons. The number of quaternary nitrogens is 1. The molecular formula is C22H25N2O2S+. The predicted octanol–water partition coefficient (Wildman–Crippen LogP) is 2.82. The average Bonchev–Trinajstić information content (AvgIpc) is 3.41. The molecule has 0 aliphatic carbocycles. The zero-order valence-electron chi connectivity index (χ0n) is 15.3. The number of carbonyl (C=O) groups is 1. The van der Waals surface area contributed by atoms with E-state index in [2.05, 4.69) is 28.9 Å². The number of thiophene rings is 1. The summed E-state index contributed by atoms with van der Waals surface area (Å²) in [5.74, 6) is 0.659. The fourth-order valence-corrected chi connectivity index (χ4v) is 4.67. The second-order valence-corrected chi connectivity index (χ2v) is 8.01. The maximum Gasteiger partial charge on any atom is 0.258 e. The third-order valence-corrected chi connectivity index (χ3v) is 6.21. The second-order valence-electron chi connectivity index (χ2n) is 7.04. The molecule has 3 aromatic rings. The molecule has 0 bridgehead atoms. The molecule has 0 unspecified atom stereocenters. The first kappa shape index (κ1) is 18.0. The van der Waals surface area contributed by atoms with E-state index < -0.39 is 0 Å². The lowest BCUT2D eigenvalue weighted by atomic mass is 10.1. The Kier molecular flexibility index (Phi) is 5.70. The number of amides is 1. The van der Waals surface area contributed by atoms with Crippen LogP contribution < -0.4 is 15.0 Å². The van der Waals surface area contributed by atoms with Gasteiger partial charge in [-0.3, -0.25) is 4.79 Å². The molecule has 4 nitrogen and oxygen atoms in total. The van der Waals surface area contributed by atoms with Crippen LogP contribution in [0.2, 0.25) is 0 Å². The molecule has 0 spiro atoms. The van der Waals surface area contributed by atoms with Gasteiger partial charge in [0.05, 0.1) is 24.5 Å². The molecule has 1 aromatic heterocycles. The largest absolute Gasteiger partial charge is 0.484 e. The number of rotatable bonds is 7. The third kappa shape index (κ3) is 4.49. The maximum absolute atomic E-state index is 12.3. The van der Waals surface area contributed by atoms with E-state index in [-0.39, 0.29) is 12.5 Å². The van der Waals surface area contributed by atoms with E-state index in [1.807, 2.05) is 36.4 Å². The van der Waals surface area contributed by atoms with Crippen LogP contribution in [0, 0.1) is 0 Å². The summed E-state index contributed by atoms with van der Waals surface area (Å²) >= 11 is 1.78. The van der Waals surface area contributed by atoms with Gasteiger partial charge in [-0.25, -0.2) is 0 Å². The number of hydrogen-bond acceptors (Lipinski definition) is 3. The summed E-state index contributed by atoms with van der Waals surface area (Å²) in [6.45, 7) is 3.08. The van der Waals surface area contributed by atoms with Crippen molar-refractivity contribution in [3.05, 3.63) is 64.9 Å². The van der Waals surface area contributed by atoms with Crippen LogP contribution in [0.1, 0.15) is 23.8 Å². The van der Waals surface area contributed by atoms with Gasteiger partial charge in [-0.15, -0.1) is 11.3 Å². The fourth-order valence-electron chi connectivity index (χ4n) is 3.79. The Hall–Kier alpha value is -2.37. The van der Waals surface area contributed by atoms with Crippen LogP contribution in [0.25, 0.3) is 10.8 Å². The molecule has 2 aromatic carbocycles. The first-order valence-electron chi connectivity index (χ1n) is 9.56. The van der Waals surface area contributed by atoms with Crippen molar-refractivity contribution in [3.8, 4) is 5.75 Å². The van der Waals surface area contributed by atoms with E-state index in [0.717, 1.165) is 11.1 Å². The SMILES string of the molecule is O=C(COc1ccc2ccccc2c1)NC[C@H](c1cccs1)[NH+]1CCCC1. The van der Waals surface area contributed by atoms with Gasteiger partial charge in [0.15, 0.2) is 6.61 Å². The molecule has 4 rings (SSSR count). The highest BCUT2D eigenvalue weighted by Crippen LogP contribution is 2.20. The number of carbonyl (C=O) groups excluding carboxylic acids is 1. The van der Waals surface area contributed by atoms with Gasteiger partial charge in [0.1, 0.15) is 11.8 Å². The van der Waals surface area contributed by atoms with E-state index >= 15 is 0 Å². The van der Waals surface area contributed by atoms with Crippen LogP contribution in [0.15, 0.2) is 60.0 Å². The zero-order chi connectivity index (χ0) is 18.5. The molecule has 140 valence electrons. The summed E-state index contributed by atoms with van der Waals surface area (Å²) in [4.78, 5) is 15.3. The van der Waals surface area contributed by atoms with Gasteiger partial charge in [0.2, 0.25) is 0 Å². The van der Waals surface area contributed by atoms with Crippen molar-refractivity contribution in [2.24, 2.45) is 0 Å². The van der Waals surface area contributed by atoms with Crippen molar-refractivity contribution in [1.82, 2.24) is 5.32 Å². The number of likely N-dealkylation sites (tertiary alicyclic amines) is 1. The van der Waals surface area contributed by atoms with Gasteiger partial charge in [0.25, 0.3) is 5.91 Å². The average molecular weight is 382 g/mol. The van der Waals surface area contributed by atoms with Crippen LogP contribution in [0.5, 0.6) is 5.75 Å². The molecule has 1 saturated heterocycles. The van der Waals surface area contributed by atoms with Gasteiger partial charge in [-0.2, -0.15) is 0 Å². The Morgan fingerprint density at radius 3 is 2.67 bits per heavy atom. The van der Waals surface area contributed by atoms with Crippen molar-refractivity contribution < 1.29 is 14.4 Å². The van der Waals surface area contributed by atoms with E-state index in [1.165, 1.54) is 36.2 Å². The van der Waals surface area contributed by atoms with Crippen LogP contribution in [-0.2, 0) is 4.79 Å². The van der Waals surface area contributed by atoms with Crippen LogP contribution in [0.4, 0.5) is 0 Å². The minimum absolute atomic E-state index is 0.0465. The normalized spacial score (nSPS) is 15.7. The highest BCUT2D eigenvalue weighted by Gasteiger charge is 2.28. The van der Waals surface area contributed by atoms with Crippen molar-refractivity contribution in [2.45, 2.75) is 18.9 Å². The minimum Gasteiger partial charge on any atom is -0.484 e. The summed E-state index contributed by atoms with van der Waals surface area (Å²) in [5, 5.41) is 7.48. The summed E-state index contributed by atoms with van der Waals surface area (Å²) < 4.78 is 5.71. The van der Waals surface area contributed by atoms with Crippen LogP contribution >= 0.6 is 11.3 Å². The summed E-state index contributed by atoms with van der Waals surface area (Å²) in [6.07, 6.45) is 2.55. The molecule has 1 aliphatic heterocycles. The topological polar surface area (TPSA) is 42.8 Å². The lowest BCUT2D eigenvalue weighted by Gasteiger charge is -2.24. The van der Waals surface area contributed by atoms with Gasteiger partial charge >= 0.3 is 0 Å². The quantitative estimate of drug-likeness (QED) is 0.661. The highest BCUT2D eigenvalue weighted by molar-refractivity contribution is 7.10. The van der Waals surface area contributed by atoms with Crippen molar-refractivity contribution in [2.75, 3.05) is 26.2 Å². The van der Waals surface area contributed by atoms with E-state index in [9.17, 15) is 4.79 Å². The van der Waals surface area contributed by atoms with Gasteiger partial charge in [-0.1, -0.05) is 36.4 Å². The Balaban J connectivity index is 1.32. The molecule has 1 aliphatic rings. The zero-order valence-corrected chi connectivity index (χ0v) is 16.1. The lowest BCUT2D eigenvalue weighted by molar-refractivity contribution is -0.918. The number of nitrogens with one attached hydrogen (secondary N) is 2. The third-order valence-electron chi connectivity index (χ3n) is 5.22. The number of hydrogen-bond donors (Lipinski definition) is 2. The van der Waals surface area contributed by atoms with E-state index in [0.29, 0.717) is 12.6 Å². The van der Waals surface area contributed by atoms with Crippen molar-refractivity contribution >= 4 is 28.0 Å². The summed E-state index contributed by atoms with van der Waals surface area (Å²) in [6, 6.07) is 18.7. The first-order valence-corrected chi connectivity index (χ1v) is 10.4.